The van der Waals surface area contributed by atoms with Crippen LogP contribution in [0.15, 0.2) is 56.4 Å². The van der Waals surface area contributed by atoms with Crippen molar-refractivity contribution in [1.82, 2.24) is 20.2 Å². The Kier molecular flexibility index (Phi) is 4.40. The number of nitriles is 1. The number of nitrogens with zero attached hydrogens (tertiary/aromatic N) is 4. The zero-order valence-corrected chi connectivity index (χ0v) is 14.9. The number of thioether (sulfide) groups is 1. The van der Waals surface area contributed by atoms with Crippen LogP contribution in [-0.4, -0.2) is 31.0 Å². The standard InChI is InChI=1S/C18H13N5O3S/c1-10-11(6-7-25-10)17-22-23-18(26-17)27-9-15(24)12(8-19)16-20-13-4-2-3-5-14(13)21-16/h2-7,24H,9H2,1H3,(H,20,21)/b15-12-. The molecule has 4 rings (SSSR count). The van der Waals surface area contributed by atoms with E-state index in [-0.39, 0.29) is 22.3 Å². The molecule has 0 radical (unpaired) electrons. The molecule has 0 bridgehead atoms. The Morgan fingerprint density at radius 3 is 2.89 bits per heavy atom. The number of aliphatic hydroxyl groups excluding tert-OH is 1. The maximum absolute atomic E-state index is 10.4. The summed E-state index contributed by atoms with van der Waals surface area (Å²) < 4.78 is 10.8. The van der Waals surface area contributed by atoms with Crippen molar-refractivity contribution in [2.24, 2.45) is 0 Å². The highest BCUT2D eigenvalue weighted by molar-refractivity contribution is 7.99. The van der Waals surface area contributed by atoms with E-state index in [0.29, 0.717) is 23.0 Å². The lowest BCUT2D eigenvalue weighted by molar-refractivity contribution is 0.418. The number of H-pyrrole nitrogens is 1. The molecule has 134 valence electrons. The number of hydrogen-bond acceptors (Lipinski definition) is 8. The topological polar surface area (TPSA) is 125 Å². The third-order valence-corrected chi connectivity index (χ3v) is 4.68. The number of allylic oxidation sites excluding steroid dienone is 1. The largest absolute Gasteiger partial charge is 0.510 e. The Morgan fingerprint density at radius 1 is 1.30 bits per heavy atom. The molecule has 3 heterocycles. The van der Waals surface area contributed by atoms with Crippen molar-refractivity contribution in [1.29, 1.82) is 5.26 Å². The van der Waals surface area contributed by atoms with Crippen LogP contribution in [0, 0.1) is 18.3 Å². The van der Waals surface area contributed by atoms with Gasteiger partial charge >= 0.3 is 0 Å². The number of benzene rings is 1. The molecule has 0 aliphatic rings. The fourth-order valence-electron chi connectivity index (χ4n) is 2.51. The van der Waals surface area contributed by atoms with Crippen LogP contribution in [0.4, 0.5) is 0 Å². The van der Waals surface area contributed by atoms with E-state index in [1.54, 1.807) is 19.3 Å². The summed E-state index contributed by atoms with van der Waals surface area (Å²) in [5.41, 5.74) is 2.30. The van der Waals surface area contributed by atoms with Gasteiger partial charge in [0, 0.05) is 0 Å². The Labute approximate surface area is 157 Å². The number of aliphatic hydroxyl groups is 1. The number of fused-ring (bicyclic) bond motifs is 1. The predicted molar refractivity (Wildman–Crippen MR) is 98.7 cm³/mol. The van der Waals surface area contributed by atoms with Gasteiger partial charge in [-0.15, -0.1) is 10.2 Å². The second-order valence-corrected chi connectivity index (χ2v) is 6.51. The second kappa shape index (κ2) is 7.01. The molecule has 0 aliphatic heterocycles. The second-order valence-electron chi connectivity index (χ2n) is 5.59. The van der Waals surface area contributed by atoms with E-state index >= 15 is 0 Å². The molecule has 3 aromatic heterocycles. The van der Waals surface area contributed by atoms with Gasteiger partial charge in [0.15, 0.2) is 5.82 Å². The van der Waals surface area contributed by atoms with Crippen LogP contribution in [-0.2, 0) is 0 Å². The van der Waals surface area contributed by atoms with Crippen molar-refractivity contribution >= 4 is 28.4 Å². The first kappa shape index (κ1) is 16.9. The number of aromatic nitrogens is 4. The molecule has 0 spiro atoms. The van der Waals surface area contributed by atoms with Crippen LogP contribution in [0.2, 0.25) is 0 Å². The van der Waals surface area contributed by atoms with Crippen LogP contribution < -0.4 is 0 Å². The molecule has 0 aliphatic carbocycles. The van der Waals surface area contributed by atoms with Crippen molar-refractivity contribution in [3.05, 3.63) is 53.9 Å². The summed E-state index contributed by atoms with van der Waals surface area (Å²) in [5, 5.41) is 28.0. The van der Waals surface area contributed by atoms with Gasteiger partial charge in [0.25, 0.3) is 11.1 Å². The average Bonchev–Trinajstić information content (AvgIpc) is 3.39. The Morgan fingerprint density at radius 2 is 2.15 bits per heavy atom. The minimum absolute atomic E-state index is 0.0733. The van der Waals surface area contributed by atoms with E-state index in [9.17, 15) is 10.4 Å². The lowest BCUT2D eigenvalue weighted by atomic mass is 10.2. The molecule has 4 aromatic rings. The average molecular weight is 379 g/mol. The lowest BCUT2D eigenvalue weighted by Crippen LogP contribution is -1.95. The van der Waals surface area contributed by atoms with Gasteiger partial charge in [-0.1, -0.05) is 23.9 Å². The van der Waals surface area contributed by atoms with Gasteiger partial charge in [0.1, 0.15) is 23.2 Å². The van der Waals surface area contributed by atoms with Gasteiger partial charge in [-0.2, -0.15) is 5.26 Å². The molecule has 1 aromatic carbocycles. The highest BCUT2D eigenvalue weighted by atomic mass is 32.2. The summed E-state index contributed by atoms with van der Waals surface area (Å²) in [6.45, 7) is 1.80. The number of nitrogens with one attached hydrogen (secondary N) is 1. The minimum Gasteiger partial charge on any atom is -0.510 e. The molecule has 0 saturated heterocycles. The highest BCUT2D eigenvalue weighted by Crippen LogP contribution is 2.28. The normalized spacial score (nSPS) is 12.1. The molecule has 0 atom stereocenters. The predicted octanol–water partition coefficient (Wildman–Crippen LogP) is 4.10. The fourth-order valence-corrected chi connectivity index (χ4v) is 3.15. The summed E-state index contributed by atoms with van der Waals surface area (Å²) in [7, 11) is 0. The maximum atomic E-state index is 10.4. The first-order valence-electron chi connectivity index (χ1n) is 7.94. The number of para-hydroxylation sites is 2. The van der Waals surface area contributed by atoms with Crippen molar-refractivity contribution in [2.45, 2.75) is 12.1 Å². The third-order valence-electron chi connectivity index (χ3n) is 3.85. The SMILES string of the molecule is Cc1occc1-c1nnc(SC/C(O)=C(\C#N)c2nc3ccccc3[nH]2)o1. The van der Waals surface area contributed by atoms with E-state index in [1.807, 2.05) is 30.3 Å². The van der Waals surface area contributed by atoms with Gasteiger partial charge in [0.2, 0.25) is 0 Å². The number of rotatable bonds is 5. The van der Waals surface area contributed by atoms with Crippen LogP contribution in [0.3, 0.4) is 0 Å². The van der Waals surface area contributed by atoms with Crippen molar-refractivity contribution in [3.63, 3.8) is 0 Å². The zero-order valence-electron chi connectivity index (χ0n) is 14.1. The van der Waals surface area contributed by atoms with E-state index < -0.39 is 0 Å². The molecule has 0 saturated carbocycles. The summed E-state index contributed by atoms with van der Waals surface area (Å²) >= 11 is 1.13. The number of furan rings is 1. The highest BCUT2D eigenvalue weighted by Gasteiger charge is 2.16. The smallest absolute Gasteiger partial charge is 0.277 e. The number of aryl methyl sites for hydroxylation is 1. The van der Waals surface area contributed by atoms with Gasteiger partial charge in [-0.25, -0.2) is 4.98 Å². The Bertz CT molecular complexity index is 1150. The molecular formula is C18H13N5O3S. The molecule has 0 unspecified atom stereocenters. The molecule has 0 fully saturated rings. The molecule has 9 heteroatoms. The van der Waals surface area contributed by atoms with E-state index in [4.69, 9.17) is 8.83 Å². The van der Waals surface area contributed by atoms with E-state index in [1.165, 1.54) is 0 Å². The maximum Gasteiger partial charge on any atom is 0.277 e. The van der Waals surface area contributed by atoms with Crippen LogP contribution in [0.25, 0.3) is 28.1 Å². The number of aromatic amines is 1. The van der Waals surface area contributed by atoms with Gasteiger partial charge < -0.3 is 18.9 Å². The zero-order chi connectivity index (χ0) is 18.8. The molecule has 8 nitrogen and oxygen atoms in total. The molecule has 0 amide bonds. The van der Waals surface area contributed by atoms with Gasteiger partial charge in [-0.05, 0) is 25.1 Å². The Hall–Kier alpha value is -3.51. The first-order valence-corrected chi connectivity index (χ1v) is 8.92. The van der Waals surface area contributed by atoms with E-state index in [2.05, 4.69) is 20.2 Å². The quantitative estimate of drug-likeness (QED) is 0.302. The van der Waals surface area contributed by atoms with Crippen LogP contribution >= 0.6 is 11.8 Å². The lowest BCUT2D eigenvalue weighted by Gasteiger charge is -2.00. The first-order chi connectivity index (χ1) is 13.2. The summed E-state index contributed by atoms with van der Waals surface area (Å²) in [4.78, 5) is 7.37. The van der Waals surface area contributed by atoms with Crippen LogP contribution in [0.1, 0.15) is 11.6 Å². The minimum atomic E-state index is -0.124. The number of imidazole rings is 1. The van der Waals surface area contributed by atoms with Gasteiger partial charge in [-0.3, -0.25) is 0 Å². The third kappa shape index (κ3) is 3.30. The van der Waals surface area contributed by atoms with Crippen molar-refractivity contribution in [2.75, 3.05) is 5.75 Å². The van der Waals surface area contributed by atoms with E-state index in [0.717, 1.165) is 22.8 Å². The monoisotopic (exact) mass is 379 g/mol. The molecule has 2 N–H and O–H groups in total. The summed E-state index contributed by atoms with van der Waals surface area (Å²) in [6, 6.07) is 11.1. The summed E-state index contributed by atoms with van der Waals surface area (Å²) in [5.74, 6) is 1.30. The Balaban J connectivity index is 1.53. The van der Waals surface area contributed by atoms with Gasteiger partial charge in [0.05, 0.1) is 28.6 Å². The molecule has 27 heavy (non-hydrogen) atoms. The molecular weight excluding hydrogens is 366 g/mol. The van der Waals surface area contributed by atoms with Crippen molar-refractivity contribution < 1.29 is 13.9 Å². The number of hydrogen-bond donors (Lipinski definition) is 2. The fraction of sp³-hybridized carbons (Fsp3) is 0.111. The van der Waals surface area contributed by atoms with Crippen molar-refractivity contribution in [3.8, 4) is 17.5 Å². The van der Waals surface area contributed by atoms with Crippen LogP contribution in [0.5, 0.6) is 0 Å². The summed E-state index contributed by atoms with van der Waals surface area (Å²) in [6.07, 6.45) is 1.54.